The summed E-state index contributed by atoms with van der Waals surface area (Å²) in [5.41, 5.74) is 0.0269. The van der Waals surface area contributed by atoms with Crippen molar-refractivity contribution >= 4 is 16.0 Å². The molecule has 1 rings (SSSR count). The number of primary sulfonamides is 1. The highest BCUT2D eigenvalue weighted by Gasteiger charge is 2.19. The first-order valence-electron chi connectivity index (χ1n) is 3.28. The normalized spacial score (nSPS) is 11.5. The Bertz CT molecular complexity index is 445. The van der Waals surface area contributed by atoms with E-state index in [-0.39, 0.29) is 16.2 Å². The van der Waals surface area contributed by atoms with Crippen LogP contribution in [0.4, 0.5) is 0 Å². The number of rotatable bonds is 2. The van der Waals surface area contributed by atoms with E-state index in [2.05, 4.69) is 4.98 Å². The summed E-state index contributed by atoms with van der Waals surface area (Å²) in [7, 11) is -3.87. The molecule has 4 N–H and O–H groups in total. The lowest BCUT2D eigenvalue weighted by atomic mass is 10.2. The summed E-state index contributed by atoms with van der Waals surface area (Å²) in [6.45, 7) is 1.37. The Balaban J connectivity index is 3.39. The Morgan fingerprint density at radius 1 is 1.62 bits per heavy atom. The van der Waals surface area contributed by atoms with Crippen LogP contribution in [0.15, 0.2) is 11.2 Å². The summed E-state index contributed by atoms with van der Waals surface area (Å²) in [5.74, 6) is -1.19. The Labute approximate surface area is 74.4 Å². The van der Waals surface area contributed by atoms with Crippen LogP contribution in [0.3, 0.4) is 0 Å². The average molecular weight is 204 g/mol. The number of aromatic nitrogens is 1. The second kappa shape index (κ2) is 2.86. The zero-order valence-corrected chi connectivity index (χ0v) is 7.55. The van der Waals surface area contributed by atoms with Gasteiger partial charge in [0.05, 0.1) is 5.56 Å². The summed E-state index contributed by atoms with van der Waals surface area (Å²) >= 11 is 0. The number of carbonyl (C=O) groups is 1. The molecule has 0 spiro atoms. The fraction of sp³-hybridized carbons (Fsp3) is 0.167. The number of nitrogens with two attached hydrogens (primary N) is 1. The molecule has 0 saturated carbocycles. The van der Waals surface area contributed by atoms with Crippen molar-refractivity contribution in [2.24, 2.45) is 5.14 Å². The minimum absolute atomic E-state index is 0.0935. The largest absolute Gasteiger partial charge is 0.478 e. The lowest BCUT2D eigenvalue weighted by Gasteiger charge is -1.95. The van der Waals surface area contributed by atoms with E-state index in [0.29, 0.717) is 0 Å². The lowest BCUT2D eigenvalue weighted by Crippen LogP contribution is -2.14. The maximum atomic E-state index is 10.8. The van der Waals surface area contributed by atoms with E-state index < -0.39 is 16.0 Å². The van der Waals surface area contributed by atoms with Gasteiger partial charge < -0.3 is 10.1 Å². The molecule has 0 unspecified atom stereocenters. The number of hydrogen-bond acceptors (Lipinski definition) is 3. The molecule has 7 heteroatoms. The highest BCUT2D eigenvalue weighted by Crippen LogP contribution is 2.15. The van der Waals surface area contributed by atoms with Crippen LogP contribution in [0.5, 0.6) is 0 Å². The maximum absolute atomic E-state index is 10.8. The third-order valence-corrected chi connectivity index (χ3v) is 2.60. The molecule has 0 aliphatic carbocycles. The lowest BCUT2D eigenvalue weighted by molar-refractivity contribution is 0.0696. The first-order valence-corrected chi connectivity index (χ1v) is 4.82. The van der Waals surface area contributed by atoms with Gasteiger partial charge in [-0.3, -0.25) is 0 Å². The van der Waals surface area contributed by atoms with Crippen molar-refractivity contribution in [2.45, 2.75) is 11.9 Å². The summed E-state index contributed by atoms with van der Waals surface area (Å²) in [4.78, 5) is 12.8. The van der Waals surface area contributed by atoms with Crippen LogP contribution in [-0.2, 0) is 10.0 Å². The number of carboxylic acids is 1. The van der Waals surface area contributed by atoms with Gasteiger partial charge in [0.15, 0.2) is 5.03 Å². The fourth-order valence-electron chi connectivity index (χ4n) is 0.994. The summed E-state index contributed by atoms with van der Waals surface area (Å²) in [6.07, 6.45) is 1.09. The second-order valence-corrected chi connectivity index (χ2v) is 4.00. The summed E-state index contributed by atoms with van der Waals surface area (Å²) < 4.78 is 21.7. The maximum Gasteiger partial charge on any atom is 0.337 e. The number of hydrogen-bond donors (Lipinski definition) is 3. The molecule has 0 atom stereocenters. The standard InChI is InChI=1S/C6H8N2O4S/c1-3-4(6(9)10)2-8-5(3)13(7,11)12/h2,8H,1H3,(H,9,10)(H2,7,11,12). The Morgan fingerprint density at radius 3 is 2.38 bits per heavy atom. The van der Waals surface area contributed by atoms with Gasteiger partial charge in [0.25, 0.3) is 10.0 Å². The molecule has 0 aromatic carbocycles. The molecule has 1 aromatic heterocycles. The molecule has 0 aliphatic rings. The molecule has 0 aliphatic heterocycles. The van der Waals surface area contributed by atoms with E-state index >= 15 is 0 Å². The van der Waals surface area contributed by atoms with Crippen LogP contribution in [-0.4, -0.2) is 24.5 Å². The molecule has 13 heavy (non-hydrogen) atoms. The number of sulfonamides is 1. The number of aromatic amines is 1. The highest BCUT2D eigenvalue weighted by atomic mass is 32.2. The zero-order chi connectivity index (χ0) is 10.2. The van der Waals surface area contributed by atoms with Gasteiger partial charge in [-0.05, 0) is 6.92 Å². The minimum Gasteiger partial charge on any atom is -0.478 e. The molecular formula is C6H8N2O4S. The number of aromatic carboxylic acids is 1. The topological polar surface area (TPSA) is 113 Å². The van der Waals surface area contributed by atoms with Crippen LogP contribution >= 0.6 is 0 Å². The van der Waals surface area contributed by atoms with E-state index in [4.69, 9.17) is 10.2 Å². The van der Waals surface area contributed by atoms with Gasteiger partial charge in [0.1, 0.15) is 0 Å². The van der Waals surface area contributed by atoms with Crippen molar-refractivity contribution in [3.63, 3.8) is 0 Å². The molecular weight excluding hydrogens is 196 g/mol. The van der Waals surface area contributed by atoms with E-state index in [0.717, 1.165) is 6.20 Å². The van der Waals surface area contributed by atoms with Gasteiger partial charge in [0.2, 0.25) is 0 Å². The fourth-order valence-corrected chi connectivity index (χ4v) is 1.75. The highest BCUT2D eigenvalue weighted by molar-refractivity contribution is 7.89. The van der Waals surface area contributed by atoms with Crippen molar-refractivity contribution < 1.29 is 18.3 Å². The molecule has 0 radical (unpaired) electrons. The Morgan fingerprint density at radius 2 is 2.15 bits per heavy atom. The smallest absolute Gasteiger partial charge is 0.337 e. The van der Waals surface area contributed by atoms with Gasteiger partial charge in [-0.15, -0.1) is 0 Å². The van der Waals surface area contributed by atoms with Gasteiger partial charge in [0, 0.05) is 11.8 Å². The quantitative estimate of drug-likeness (QED) is 0.611. The third kappa shape index (κ3) is 1.70. The van der Waals surface area contributed by atoms with Gasteiger partial charge >= 0.3 is 5.97 Å². The van der Waals surface area contributed by atoms with Crippen LogP contribution in [0.25, 0.3) is 0 Å². The predicted octanol–water partition coefficient (Wildman–Crippen LogP) is -0.331. The van der Waals surface area contributed by atoms with E-state index in [9.17, 15) is 13.2 Å². The zero-order valence-electron chi connectivity index (χ0n) is 6.73. The van der Waals surface area contributed by atoms with Crippen LogP contribution in [0.1, 0.15) is 15.9 Å². The Kier molecular flexibility index (Phi) is 2.14. The van der Waals surface area contributed by atoms with E-state index in [1.165, 1.54) is 6.92 Å². The molecule has 6 nitrogen and oxygen atoms in total. The first-order chi connectivity index (χ1) is 5.84. The van der Waals surface area contributed by atoms with Crippen molar-refractivity contribution in [3.8, 4) is 0 Å². The first kappa shape index (κ1) is 9.75. The minimum atomic E-state index is -3.87. The summed E-state index contributed by atoms with van der Waals surface area (Å²) in [5, 5.41) is 13.1. The van der Waals surface area contributed by atoms with Crippen LogP contribution in [0, 0.1) is 6.92 Å². The summed E-state index contributed by atoms with van der Waals surface area (Å²) in [6, 6.07) is 0. The van der Waals surface area contributed by atoms with Crippen molar-refractivity contribution in [1.82, 2.24) is 4.98 Å². The molecule has 1 aromatic rings. The van der Waals surface area contributed by atoms with Crippen LogP contribution in [0.2, 0.25) is 0 Å². The molecule has 72 valence electrons. The van der Waals surface area contributed by atoms with E-state index in [1.54, 1.807) is 0 Å². The van der Waals surface area contributed by atoms with Crippen molar-refractivity contribution in [3.05, 3.63) is 17.3 Å². The molecule has 1 heterocycles. The second-order valence-electron chi connectivity index (χ2n) is 2.51. The molecule has 0 fully saturated rings. The molecule has 0 saturated heterocycles. The number of H-pyrrole nitrogens is 1. The molecule has 0 bridgehead atoms. The molecule has 0 amide bonds. The monoisotopic (exact) mass is 204 g/mol. The SMILES string of the molecule is Cc1c(C(=O)O)c[nH]c1S(N)(=O)=O. The van der Waals surface area contributed by atoms with Crippen molar-refractivity contribution in [2.75, 3.05) is 0 Å². The van der Waals surface area contributed by atoms with Crippen molar-refractivity contribution in [1.29, 1.82) is 0 Å². The van der Waals surface area contributed by atoms with E-state index in [1.807, 2.05) is 0 Å². The Hall–Kier alpha value is -1.34. The number of carboxylic acid groups (broad SMARTS) is 1. The van der Waals surface area contributed by atoms with Gasteiger partial charge in [-0.25, -0.2) is 18.4 Å². The third-order valence-electron chi connectivity index (χ3n) is 1.61. The predicted molar refractivity (Wildman–Crippen MR) is 43.9 cm³/mol. The van der Waals surface area contributed by atoms with Crippen LogP contribution < -0.4 is 5.14 Å². The number of nitrogens with one attached hydrogen (secondary N) is 1. The van der Waals surface area contributed by atoms with Gasteiger partial charge in [-0.2, -0.15) is 0 Å². The average Bonchev–Trinajstić information content (AvgIpc) is 2.28. The van der Waals surface area contributed by atoms with Gasteiger partial charge in [-0.1, -0.05) is 0 Å².